The Balaban J connectivity index is 0.00000225. The van der Waals surface area contributed by atoms with Gasteiger partial charge in [0.25, 0.3) is 0 Å². The van der Waals surface area contributed by atoms with E-state index in [0.29, 0.717) is 18.1 Å². The highest BCUT2D eigenvalue weighted by Crippen LogP contribution is 2.52. The van der Waals surface area contributed by atoms with Crippen LogP contribution in [0, 0.1) is 11.3 Å². The molecule has 3 atom stereocenters. The van der Waals surface area contributed by atoms with Crippen LogP contribution >= 0.6 is 35.7 Å². The Morgan fingerprint density at radius 1 is 1.44 bits per heavy atom. The Bertz CT molecular complexity index is 551. The molecule has 2 aliphatic rings. The van der Waals surface area contributed by atoms with Crippen molar-refractivity contribution in [3.63, 3.8) is 0 Å². The van der Waals surface area contributed by atoms with Crippen LogP contribution < -0.4 is 10.6 Å². The van der Waals surface area contributed by atoms with Gasteiger partial charge in [-0.25, -0.2) is 0 Å². The van der Waals surface area contributed by atoms with Crippen LogP contribution in [0.3, 0.4) is 0 Å². The van der Waals surface area contributed by atoms with Gasteiger partial charge in [0.15, 0.2) is 5.96 Å². The summed E-state index contributed by atoms with van der Waals surface area (Å²) in [4.78, 5) is 4.74. The Kier molecular flexibility index (Phi) is 7.94. The third kappa shape index (κ3) is 4.86. The monoisotopic (exact) mass is 479 g/mol. The van der Waals surface area contributed by atoms with Gasteiger partial charge < -0.3 is 19.8 Å². The highest BCUT2D eigenvalue weighted by molar-refractivity contribution is 14.0. The fourth-order valence-corrected chi connectivity index (χ4v) is 4.20. The molecule has 1 aliphatic heterocycles. The maximum Gasteiger partial charge on any atom is 0.191 e. The number of nitrogens with one attached hydrogen (secondary N) is 2. The van der Waals surface area contributed by atoms with E-state index >= 15 is 0 Å². The number of fused-ring (bicyclic) bond motifs is 1. The standard InChI is InChI=1S/C18H29N3O2S.HI/c1-18(2)15(14-7-11-23-16(14)18)21-17(20-9-12-24-3)19-8-6-13-5-4-10-22-13;/h4-5,10,14-16H,6-9,11-12H2,1-3H3,(H2,19,20,21);1H. The molecule has 1 aromatic rings. The van der Waals surface area contributed by atoms with E-state index in [-0.39, 0.29) is 29.4 Å². The van der Waals surface area contributed by atoms with Crippen molar-refractivity contribution < 1.29 is 9.15 Å². The van der Waals surface area contributed by atoms with Crippen molar-refractivity contribution in [2.24, 2.45) is 16.3 Å². The van der Waals surface area contributed by atoms with Gasteiger partial charge in [-0.3, -0.25) is 4.99 Å². The molecule has 7 heteroatoms. The molecule has 0 aromatic carbocycles. The maximum absolute atomic E-state index is 5.89. The Labute approximate surface area is 172 Å². The Morgan fingerprint density at radius 3 is 3.00 bits per heavy atom. The molecule has 1 saturated heterocycles. The molecule has 0 radical (unpaired) electrons. The first kappa shape index (κ1) is 20.9. The lowest BCUT2D eigenvalue weighted by atomic mass is 9.57. The minimum atomic E-state index is 0. The summed E-state index contributed by atoms with van der Waals surface area (Å²) in [5.74, 6) is 3.56. The van der Waals surface area contributed by atoms with E-state index in [9.17, 15) is 0 Å². The molecule has 5 nitrogen and oxygen atoms in total. The first-order valence-electron chi connectivity index (χ1n) is 8.80. The van der Waals surface area contributed by atoms with Gasteiger partial charge in [0.05, 0.1) is 18.9 Å². The molecule has 0 spiro atoms. The summed E-state index contributed by atoms with van der Waals surface area (Å²) in [6, 6.07) is 4.36. The normalized spacial score (nSPS) is 27.2. The summed E-state index contributed by atoms with van der Waals surface area (Å²) in [7, 11) is 0. The predicted molar refractivity (Wildman–Crippen MR) is 115 cm³/mol. The molecule has 0 amide bonds. The highest BCUT2D eigenvalue weighted by Gasteiger charge is 2.59. The van der Waals surface area contributed by atoms with E-state index in [1.165, 1.54) is 0 Å². The molecule has 2 fully saturated rings. The first-order chi connectivity index (χ1) is 11.6. The van der Waals surface area contributed by atoms with E-state index in [1.54, 1.807) is 6.26 Å². The van der Waals surface area contributed by atoms with Crippen molar-refractivity contribution in [2.75, 3.05) is 31.7 Å². The van der Waals surface area contributed by atoms with Crippen LogP contribution in [0.5, 0.6) is 0 Å². The van der Waals surface area contributed by atoms with Crippen LogP contribution in [0.15, 0.2) is 27.8 Å². The van der Waals surface area contributed by atoms with E-state index in [1.807, 2.05) is 23.9 Å². The molecule has 0 bridgehead atoms. The molecule has 1 saturated carbocycles. The predicted octanol–water partition coefficient (Wildman–Crippen LogP) is 3.15. The highest BCUT2D eigenvalue weighted by atomic mass is 127. The van der Waals surface area contributed by atoms with E-state index in [2.05, 4.69) is 30.7 Å². The van der Waals surface area contributed by atoms with Gasteiger partial charge in [0.1, 0.15) is 5.76 Å². The fraction of sp³-hybridized carbons (Fsp3) is 0.722. The Morgan fingerprint density at radius 2 is 2.28 bits per heavy atom. The van der Waals surface area contributed by atoms with Gasteiger partial charge in [-0.05, 0) is 24.8 Å². The van der Waals surface area contributed by atoms with Gasteiger partial charge in [0, 0.05) is 42.7 Å². The van der Waals surface area contributed by atoms with Crippen LogP contribution in [0.1, 0.15) is 26.0 Å². The van der Waals surface area contributed by atoms with Crippen molar-refractivity contribution in [1.29, 1.82) is 0 Å². The van der Waals surface area contributed by atoms with Gasteiger partial charge in [0.2, 0.25) is 0 Å². The smallest absolute Gasteiger partial charge is 0.191 e. The third-order valence-electron chi connectivity index (χ3n) is 5.20. The largest absolute Gasteiger partial charge is 0.469 e. The molecule has 142 valence electrons. The van der Waals surface area contributed by atoms with Crippen LogP contribution in [0.4, 0.5) is 0 Å². The number of halogens is 1. The zero-order valence-electron chi connectivity index (χ0n) is 15.3. The number of hydrogen-bond donors (Lipinski definition) is 2. The molecule has 1 aromatic heterocycles. The lowest BCUT2D eigenvalue weighted by Gasteiger charge is -2.54. The summed E-state index contributed by atoms with van der Waals surface area (Å²) < 4.78 is 11.3. The van der Waals surface area contributed by atoms with Gasteiger partial charge >= 0.3 is 0 Å². The number of rotatable bonds is 7. The maximum atomic E-state index is 5.89. The van der Waals surface area contributed by atoms with E-state index in [4.69, 9.17) is 14.1 Å². The van der Waals surface area contributed by atoms with Crippen LogP contribution in [0.2, 0.25) is 0 Å². The summed E-state index contributed by atoms with van der Waals surface area (Å²) in [5.41, 5.74) is 0.157. The number of ether oxygens (including phenoxy) is 1. The molecule has 1 aliphatic carbocycles. The molecule has 25 heavy (non-hydrogen) atoms. The van der Waals surface area contributed by atoms with Gasteiger partial charge in [-0.15, -0.1) is 24.0 Å². The molecule has 3 unspecified atom stereocenters. The fourth-order valence-electron chi connectivity index (χ4n) is 3.92. The first-order valence-corrected chi connectivity index (χ1v) is 10.2. The minimum absolute atomic E-state index is 0. The lowest BCUT2D eigenvalue weighted by molar-refractivity contribution is -0.106. The SMILES string of the molecule is CSCCN=C(NCCc1ccco1)NC1C2CCOC2C1(C)C.I. The van der Waals surface area contributed by atoms with E-state index in [0.717, 1.165) is 50.0 Å². The summed E-state index contributed by atoms with van der Waals surface area (Å²) in [5, 5.41) is 7.14. The number of guanidine groups is 1. The van der Waals surface area contributed by atoms with Crippen molar-refractivity contribution in [1.82, 2.24) is 10.6 Å². The number of thioether (sulfide) groups is 1. The molecular formula is C18H30IN3O2S. The number of aliphatic imine (C=N–C) groups is 1. The summed E-state index contributed by atoms with van der Waals surface area (Å²) >= 11 is 1.82. The van der Waals surface area contributed by atoms with Gasteiger partial charge in [-0.1, -0.05) is 13.8 Å². The average Bonchev–Trinajstić information content (AvgIpc) is 3.22. The van der Waals surface area contributed by atoms with E-state index < -0.39 is 0 Å². The zero-order valence-corrected chi connectivity index (χ0v) is 18.4. The van der Waals surface area contributed by atoms with Crippen molar-refractivity contribution in [3.05, 3.63) is 24.2 Å². The average molecular weight is 479 g/mol. The van der Waals surface area contributed by atoms with Crippen molar-refractivity contribution in [2.45, 2.75) is 38.8 Å². The minimum Gasteiger partial charge on any atom is -0.469 e. The second kappa shape index (κ2) is 9.50. The summed E-state index contributed by atoms with van der Waals surface area (Å²) in [6.07, 6.45) is 6.24. The Hall–Kier alpha value is -0.410. The topological polar surface area (TPSA) is 58.8 Å². The van der Waals surface area contributed by atoms with Crippen molar-refractivity contribution in [3.8, 4) is 0 Å². The molecule has 2 N–H and O–H groups in total. The quantitative estimate of drug-likeness (QED) is 0.273. The van der Waals surface area contributed by atoms with Gasteiger partial charge in [-0.2, -0.15) is 11.8 Å². The van der Waals surface area contributed by atoms with Crippen LogP contribution in [-0.4, -0.2) is 49.8 Å². The zero-order chi connectivity index (χ0) is 17.0. The van der Waals surface area contributed by atoms with Crippen molar-refractivity contribution >= 4 is 41.7 Å². The van der Waals surface area contributed by atoms with Crippen LogP contribution in [0.25, 0.3) is 0 Å². The molecule has 2 heterocycles. The number of hydrogen-bond acceptors (Lipinski definition) is 4. The molecular weight excluding hydrogens is 449 g/mol. The van der Waals surface area contributed by atoms with Crippen LogP contribution in [-0.2, 0) is 11.2 Å². The second-order valence-corrected chi connectivity index (χ2v) is 8.15. The number of nitrogens with zero attached hydrogens (tertiary/aromatic N) is 1. The molecule has 3 rings (SSSR count). The second-order valence-electron chi connectivity index (χ2n) is 7.17. The summed E-state index contributed by atoms with van der Waals surface area (Å²) in [6.45, 7) is 7.12. The number of furan rings is 1. The lowest BCUT2D eigenvalue weighted by Crippen LogP contribution is -2.68. The third-order valence-corrected chi connectivity index (χ3v) is 5.79.